The van der Waals surface area contributed by atoms with Crippen molar-refractivity contribution >= 4 is 5.96 Å². The zero-order valence-electron chi connectivity index (χ0n) is 10.7. The lowest BCUT2D eigenvalue weighted by Crippen LogP contribution is -2.49. The van der Waals surface area contributed by atoms with Crippen molar-refractivity contribution in [1.29, 1.82) is 0 Å². The van der Waals surface area contributed by atoms with Crippen LogP contribution in [-0.2, 0) is 0 Å². The Morgan fingerprint density at radius 3 is 2.50 bits per heavy atom. The molecular weight excluding hydrogens is 198 g/mol. The van der Waals surface area contributed by atoms with Crippen LogP contribution in [-0.4, -0.2) is 29.5 Å². The zero-order chi connectivity index (χ0) is 11.5. The Hall–Kier alpha value is -0.730. The second-order valence-electron chi connectivity index (χ2n) is 5.48. The van der Waals surface area contributed by atoms with Crippen molar-refractivity contribution < 1.29 is 0 Å². The topological polar surface area (TPSA) is 41.6 Å². The Morgan fingerprint density at radius 2 is 1.81 bits per heavy atom. The van der Waals surface area contributed by atoms with Crippen LogP contribution in [0.25, 0.3) is 0 Å². The van der Waals surface area contributed by atoms with Crippen molar-refractivity contribution in [1.82, 2.24) is 4.90 Å². The number of piperidine rings is 1. The minimum Gasteiger partial charge on any atom is -0.370 e. The third-order valence-electron chi connectivity index (χ3n) is 4.31. The maximum atomic E-state index is 6.16. The van der Waals surface area contributed by atoms with Crippen LogP contribution in [0.4, 0.5) is 0 Å². The fraction of sp³-hybridized carbons (Fsp3) is 0.923. The van der Waals surface area contributed by atoms with Gasteiger partial charge in [0.2, 0.25) is 0 Å². The molecule has 0 spiro atoms. The molecule has 0 amide bonds. The third-order valence-corrected chi connectivity index (χ3v) is 4.31. The first-order valence-electron chi connectivity index (χ1n) is 6.78. The molecule has 1 saturated carbocycles. The molecule has 0 aromatic carbocycles. The Balaban J connectivity index is 1.99. The number of nitrogens with zero attached hydrogens (tertiary/aromatic N) is 2. The third kappa shape index (κ3) is 2.50. The smallest absolute Gasteiger partial charge is 0.191 e. The van der Waals surface area contributed by atoms with Crippen LogP contribution < -0.4 is 5.73 Å². The van der Waals surface area contributed by atoms with E-state index in [-0.39, 0.29) is 0 Å². The van der Waals surface area contributed by atoms with E-state index in [0.29, 0.717) is 12.1 Å². The van der Waals surface area contributed by atoms with Gasteiger partial charge in [0.15, 0.2) is 5.96 Å². The molecule has 3 nitrogen and oxygen atoms in total. The molecule has 1 heterocycles. The van der Waals surface area contributed by atoms with Crippen molar-refractivity contribution in [3.63, 3.8) is 0 Å². The molecule has 1 aliphatic heterocycles. The van der Waals surface area contributed by atoms with E-state index in [0.717, 1.165) is 18.4 Å². The van der Waals surface area contributed by atoms with E-state index in [9.17, 15) is 0 Å². The van der Waals surface area contributed by atoms with Crippen molar-refractivity contribution in [3.8, 4) is 0 Å². The molecule has 2 aliphatic rings. The van der Waals surface area contributed by atoms with E-state index >= 15 is 0 Å². The van der Waals surface area contributed by atoms with Gasteiger partial charge in [-0.1, -0.05) is 19.8 Å². The summed E-state index contributed by atoms with van der Waals surface area (Å²) in [5.74, 6) is 1.54. The lowest BCUT2D eigenvalue weighted by molar-refractivity contribution is 0.189. The average molecular weight is 223 g/mol. The predicted octanol–water partition coefficient (Wildman–Crippen LogP) is 2.36. The summed E-state index contributed by atoms with van der Waals surface area (Å²) in [6, 6.07) is 1.06. The largest absolute Gasteiger partial charge is 0.370 e. The first kappa shape index (κ1) is 11.7. The summed E-state index contributed by atoms with van der Waals surface area (Å²) in [6.45, 7) is 5.69. The van der Waals surface area contributed by atoms with Crippen LogP contribution in [0.1, 0.15) is 52.4 Å². The van der Waals surface area contributed by atoms with Gasteiger partial charge in [-0.3, -0.25) is 0 Å². The van der Waals surface area contributed by atoms with E-state index in [2.05, 4.69) is 18.7 Å². The Morgan fingerprint density at radius 1 is 1.12 bits per heavy atom. The fourth-order valence-electron chi connectivity index (χ4n) is 2.95. The highest BCUT2D eigenvalue weighted by molar-refractivity contribution is 5.78. The number of hydrogen-bond acceptors (Lipinski definition) is 1. The highest BCUT2D eigenvalue weighted by atomic mass is 15.3. The normalized spacial score (nSPS) is 33.4. The maximum absolute atomic E-state index is 6.16. The van der Waals surface area contributed by atoms with Gasteiger partial charge in [0.1, 0.15) is 0 Å². The Labute approximate surface area is 99.1 Å². The number of likely N-dealkylation sites (tertiary alicyclic amines) is 1. The molecule has 16 heavy (non-hydrogen) atoms. The molecule has 0 bridgehead atoms. The van der Waals surface area contributed by atoms with Gasteiger partial charge >= 0.3 is 0 Å². The first-order chi connectivity index (χ1) is 7.68. The van der Waals surface area contributed by atoms with Crippen LogP contribution >= 0.6 is 0 Å². The Kier molecular flexibility index (Phi) is 3.72. The summed E-state index contributed by atoms with van der Waals surface area (Å²) in [4.78, 5) is 7.02. The van der Waals surface area contributed by atoms with Crippen molar-refractivity contribution in [2.24, 2.45) is 16.6 Å². The van der Waals surface area contributed by atoms with E-state index in [1.807, 2.05) is 0 Å². The van der Waals surface area contributed by atoms with Crippen molar-refractivity contribution in [2.75, 3.05) is 6.54 Å². The Bertz CT molecular complexity index is 256. The van der Waals surface area contributed by atoms with Gasteiger partial charge in [-0.25, -0.2) is 4.99 Å². The molecule has 2 fully saturated rings. The van der Waals surface area contributed by atoms with Gasteiger partial charge in [-0.05, 0) is 38.5 Å². The number of rotatable bonds is 1. The summed E-state index contributed by atoms with van der Waals surface area (Å²) in [5, 5.41) is 0. The average Bonchev–Trinajstić information content (AvgIpc) is 2.74. The number of nitrogens with two attached hydrogens (primary N) is 1. The molecular formula is C13H25N3. The monoisotopic (exact) mass is 223 g/mol. The molecule has 1 saturated heterocycles. The van der Waals surface area contributed by atoms with Gasteiger partial charge < -0.3 is 10.6 Å². The van der Waals surface area contributed by atoms with E-state index < -0.39 is 0 Å². The quantitative estimate of drug-likeness (QED) is 0.548. The van der Waals surface area contributed by atoms with Gasteiger partial charge in [-0.2, -0.15) is 0 Å². The van der Waals surface area contributed by atoms with E-state index in [1.54, 1.807) is 0 Å². The SMILES string of the molecule is CC1CCCN(C(N)=NC2CCCC2)C1C. The van der Waals surface area contributed by atoms with Crippen LogP contribution in [0.5, 0.6) is 0 Å². The number of aliphatic imine (C=N–C) groups is 1. The highest BCUT2D eigenvalue weighted by Gasteiger charge is 2.26. The van der Waals surface area contributed by atoms with Gasteiger partial charge in [0.25, 0.3) is 0 Å². The summed E-state index contributed by atoms with van der Waals surface area (Å²) in [6.07, 6.45) is 7.71. The molecule has 92 valence electrons. The zero-order valence-corrected chi connectivity index (χ0v) is 10.7. The highest BCUT2D eigenvalue weighted by Crippen LogP contribution is 2.24. The molecule has 0 radical (unpaired) electrons. The van der Waals surface area contributed by atoms with Crippen LogP contribution in [0.2, 0.25) is 0 Å². The summed E-state index contributed by atoms with van der Waals surface area (Å²) < 4.78 is 0. The predicted molar refractivity (Wildman–Crippen MR) is 68.4 cm³/mol. The van der Waals surface area contributed by atoms with Crippen LogP contribution in [0, 0.1) is 5.92 Å². The molecule has 0 aromatic rings. The summed E-state index contributed by atoms with van der Waals surface area (Å²) >= 11 is 0. The molecule has 0 aromatic heterocycles. The van der Waals surface area contributed by atoms with Crippen LogP contribution in [0.3, 0.4) is 0 Å². The number of guanidine groups is 1. The lowest BCUT2D eigenvalue weighted by Gasteiger charge is -2.38. The van der Waals surface area contributed by atoms with Crippen molar-refractivity contribution in [2.45, 2.75) is 64.5 Å². The lowest BCUT2D eigenvalue weighted by atomic mass is 9.92. The molecule has 3 heteroatoms. The molecule has 2 unspecified atom stereocenters. The summed E-state index contributed by atoms with van der Waals surface area (Å²) in [7, 11) is 0. The maximum Gasteiger partial charge on any atom is 0.191 e. The van der Waals surface area contributed by atoms with E-state index in [4.69, 9.17) is 10.7 Å². The van der Waals surface area contributed by atoms with Crippen LogP contribution in [0.15, 0.2) is 4.99 Å². The standard InChI is InChI=1S/C13H25N3/c1-10-6-5-9-16(11(10)2)13(14)15-12-7-3-4-8-12/h10-12H,3-9H2,1-2H3,(H2,14,15). The number of hydrogen-bond donors (Lipinski definition) is 1. The minimum atomic E-state index is 0.504. The summed E-state index contributed by atoms with van der Waals surface area (Å²) in [5.41, 5.74) is 6.16. The first-order valence-corrected chi connectivity index (χ1v) is 6.78. The van der Waals surface area contributed by atoms with Crippen molar-refractivity contribution in [3.05, 3.63) is 0 Å². The second-order valence-corrected chi connectivity index (χ2v) is 5.48. The molecule has 2 rings (SSSR count). The minimum absolute atomic E-state index is 0.504. The molecule has 2 atom stereocenters. The van der Waals surface area contributed by atoms with Gasteiger partial charge in [0.05, 0.1) is 6.04 Å². The molecule has 1 aliphatic carbocycles. The van der Waals surface area contributed by atoms with E-state index in [1.165, 1.54) is 38.5 Å². The van der Waals surface area contributed by atoms with Gasteiger partial charge in [0, 0.05) is 12.6 Å². The second kappa shape index (κ2) is 5.07. The fourth-order valence-corrected chi connectivity index (χ4v) is 2.95. The molecule has 2 N–H and O–H groups in total. The van der Waals surface area contributed by atoms with Gasteiger partial charge in [-0.15, -0.1) is 0 Å².